The Morgan fingerprint density at radius 3 is 3.00 bits per heavy atom. The molecule has 0 saturated heterocycles. The number of nitrogens with zero attached hydrogens (tertiary/aromatic N) is 2. The summed E-state index contributed by atoms with van der Waals surface area (Å²) in [6.07, 6.45) is 1.81. The number of aromatic amines is 1. The predicted molar refractivity (Wildman–Crippen MR) is 95.7 cm³/mol. The SMILES string of the molecule is Cc1ncc(CNC(=O)CS[C@H](C)c2nc3ccccc3[nH]2)s1. The number of imidazole rings is 1. The number of hydrogen-bond donors (Lipinski definition) is 2. The second-order valence-corrected chi connectivity index (χ2v) is 7.86. The first-order chi connectivity index (χ1) is 11.1. The monoisotopic (exact) mass is 346 g/mol. The van der Waals surface area contributed by atoms with Gasteiger partial charge in [0.2, 0.25) is 5.91 Å². The molecule has 1 aromatic carbocycles. The van der Waals surface area contributed by atoms with Gasteiger partial charge in [0, 0.05) is 11.1 Å². The molecule has 0 spiro atoms. The largest absolute Gasteiger partial charge is 0.350 e. The molecule has 7 heteroatoms. The highest BCUT2D eigenvalue weighted by molar-refractivity contribution is 8.00. The van der Waals surface area contributed by atoms with E-state index in [-0.39, 0.29) is 11.2 Å². The first-order valence-electron chi connectivity index (χ1n) is 7.36. The van der Waals surface area contributed by atoms with Crippen molar-refractivity contribution >= 4 is 40.0 Å². The zero-order valence-electron chi connectivity index (χ0n) is 13.0. The summed E-state index contributed by atoms with van der Waals surface area (Å²) in [4.78, 5) is 25.1. The number of nitrogens with one attached hydrogen (secondary N) is 2. The molecule has 3 aromatic rings. The average Bonchev–Trinajstić information content (AvgIpc) is 3.16. The van der Waals surface area contributed by atoms with E-state index in [2.05, 4.69) is 27.2 Å². The Morgan fingerprint density at radius 1 is 1.43 bits per heavy atom. The molecule has 2 aromatic heterocycles. The lowest BCUT2D eigenvalue weighted by molar-refractivity contribution is -0.118. The van der Waals surface area contributed by atoms with E-state index in [1.807, 2.05) is 37.4 Å². The Morgan fingerprint density at radius 2 is 2.26 bits per heavy atom. The summed E-state index contributed by atoms with van der Waals surface area (Å²) in [5.41, 5.74) is 1.99. The van der Waals surface area contributed by atoms with Crippen LogP contribution >= 0.6 is 23.1 Å². The third-order valence-corrected chi connectivity index (χ3v) is 5.45. The zero-order chi connectivity index (χ0) is 16.2. The van der Waals surface area contributed by atoms with Crippen molar-refractivity contribution in [3.63, 3.8) is 0 Å². The second kappa shape index (κ2) is 7.14. The van der Waals surface area contributed by atoms with Crippen LogP contribution in [0.1, 0.15) is 27.9 Å². The second-order valence-electron chi connectivity index (χ2n) is 5.21. The standard InChI is InChI=1S/C16H18N4OS2/c1-10(16-19-13-5-3-4-6-14(13)20-16)22-9-15(21)18-8-12-7-17-11(2)23-12/h3-7,10H,8-9H2,1-2H3,(H,18,21)(H,19,20)/t10-/m1/s1. The molecule has 1 amide bonds. The van der Waals surface area contributed by atoms with Crippen LogP contribution in [-0.4, -0.2) is 26.6 Å². The number of fused-ring (bicyclic) bond motifs is 1. The molecular formula is C16H18N4OS2. The lowest BCUT2D eigenvalue weighted by Crippen LogP contribution is -2.24. The van der Waals surface area contributed by atoms with Gasteiger partial charge in [0.15, 0.2) is 0 Å². The van der Waals surface area contributed by atoms with E-state index in [0.717, 1.165) is 26.7 Å². The molecule has 0 bridgehead atoms. The van der Waals surface area contributed by atoms with Crippen molar-refractivity contribution in [2.75, 3.05) is 5.75 Å². The number of carbonyl (C=O) groups excluding carboxylic acids is 1. The maximum Gasteiger partial charge on any atom is 0.230 e. The van der Waals surface area contributed by atoms with Crippen LogP contribution in [0, 0.1) is 6.92 Å². The summed E-state index contributed by atoms with van der Waals surface area (Å²) in [7, 11) is 0. The van der Waals surface area contributed by atoms with Gasteiger partial charge in [-0.25, -0.2) is 9.97 Å². The van der Waals surface area contributed by atoms with E-state index in [9.17, 15) is 4.79 Å². The molecule has 0 saturated carbocycles. The number of thiazole rings is 1. The van der Waals surface area contributed by atoms with Crippen molar-refractivity contribution in [3.05, 3.63) is 46.2 Å². The van der Waals surface area contributed by atoms with Gasteiger partial charge < -0.3 is 10.3 Å². The van der Waals surface area contributed by atoms with Gasteiger partial charge in [-0.3, -0.25) is 4.79 Å². The minimum atomic E-state index is 0.0315. The smallest absolute Gasteiger partial charge is 0.230 e. The number of H-pyrrole nitrogens is 1. The molecule has 0 aliphatic heterocycles. The maximum absolute atomic E-state index is 12.0. The Labute approximate surface area is 142 Å². The molecule has 2 N–H and O–H groups in total. The first-order valence-corrected chi connectivity index (χ1v) is 9.22. The van der Waals surface area contributed by atoms with Crippen molar-refractivity contribution in [2.24, 2.45) is 0 Å². The van der Waals surface area contributed by atoms with Crippen molar-refractivity contribution in [1.82, 2.24) is 20.3 Å². The predicted octanol–water partition coefficient (Wildman–Crippen LogP) is 3.44. The summed E-state index contributed by atoms with van der Waals surface area (Å²) >= 11 is 3.18. The van der Waals surface area contributed by atoms with Gasteiger partial charge in [-0.1, -0.05) is 12.1 Å². The van der Waals surface area contributed by atoms with Gasteiger partial charge >= 0.3 is 0 Å². The molecule has 2 heterocycles. The third kappa shape index (κ3) is 4.11. The summed E-state index contributed by atoms with van der Waals surface area (Å²) in [5, 5.41) is 4.08. The lowest BCUT2D eigenvalue weighted by Gasteiger charge is -2.08. The minimum Gasteiger partial charge on any atom is -0.350 e. The number of aryl methyl sites for hydroxylation is 1. The lowest BCUT2D eigenvalue weighted by atomic mass is 10.3. The highest BCUT2D eigenvalue weighted by Crippen LogP contribution is 2.27. The fourth-order valence-corrected chi connectivity index (χ4v) is 3.68. The zero-order valence-corrected chi connectivity index (χ0v) is 14.6. The van der Waals surface area contributed by atoms with Crippen LogP contribution in [-0.2, 0) is 11.3 Å². The van der Waals surface area contributed by atoms with E-state index in [4.69, 9.17) is 0 Å². The number of carbonyl (C=O) groups is 1. The third-order valence-electron chi connectivity index (χ3n) is 3.39. The number of thioether (sulfide) groups is 1. The van der Waals surface area contributed by atoms with Crippen molar-refractivity contribution in [2.45, 2.75) is 25.6 Å². The Bertz CT molecular complexity index is 778. The summed E-state index contributed by atoms with van der Waals surface area (Å²) in [6.45, 7) is 4.56. The van der Waals surface area contributed by atoms with Gasteiger partial charge in [0.1, 0.15) is 5.82 Å². The van der Waals surface area contributed by atoms with Gasteiger partial charge in [-0.15, -0.1) is 23.1 Å². The fraction of sp³-hybridized carbons (Fsp3) is 0.312. The fourth-order valence-electron chi connectivity index (χ4n) is 2.17. The van der Waals surface area contributed by atoms with Crippen LogP contribution in [0.15, 0.2) is 30.5 Å². The van der Waals surface area contributed by atoms with Gasteiger partial charge in [0.05, 0.1) is 33.6 Å². The number of rotatable bonds is 6. The maximum atomic E-state index is 12.0. The van der Waals surface area contributed by atoms with Crippen LogP contribution in [0.3, 0.4) is 0 Å². The molecule has 3 rings (SSSR count). The minimum absolute atomic E-state index is 0.0315. The van der Waals surface area contributed by atoms with E-state index in [0.29, 0.717) is 12.3 Å². The molecular weight excluding hydrogens is 328 g/mol. The summed E-state index contributed by atoms with van der Waals surface area (Å²) in [6, 6.07) is 7.94. The molecule has 23 heavy (non-hydrogen) atoms. The quantitative estimate of drug-likeness (QED) is 0.717. The number of benzene rings is 1. The number of amides is 1. The summed E-state index contributed by atoms with van der Waals surface area (Å²) in [5.74, 6) is 1.35. The topological polar surface area (TPSA) is 70.7 Å². The van der Waals surface area contributed by atoms with Crippen molar-refractivity contribution in [1.29, 1.82) is 0 Å². The van der Waals surface area contributed by atoms with Gasteiger partial charge in [0.25, 0.3) is 0 Å². The van der Waals surface area contributed by atoms with Crippen LogP contribution < -0.4 is 5.32 Å². The van der Waals surface area contributed by atoms with Gasteiger partial charge in [-0.2, -0.15) is 0 Å². The Hall–Kier alpha value is -1.86. The molecule has 0 aliphatic carbocycles. The normalized spacial score (nSPS) is 12.4. The number of aromatic nitrogens is 3. The Balaban J connectivity index is 1.49. The van der Waals surface area contributed by atoms with E-state index in [1.54, 1.807) is 23.1 Å². The van der Waals surface area contributed by atoms with Crippen molar-refractivity contribution in [3.8, 4) is 0 Å². The summed E-state index contributed by atoms with van der Waals surface area (Å²) < 4.78 is 0. The van der Waals surface area contributed by atoms with E-state index >= 15 is 0 Å². The molecule has 0 radical (unpaired) electrons. The highest BCUT2D eigenvalue weighted by atomic mass is 32.2. The number of hydrogen-bond acceptors (Lipinski definition) is 5. The van der Waals surface area contributed by atoms with Crippen LogP contribution in [0.4, 0.5) is 0 Å². The molecule has 0 fully saturated rings. The van der Waals surface area contributed by atoms with Crippen LogP contribution in [0.5, 0.6) is 0 Å². The van der Waals surface area contributed by atoms with Crippen molar-refractivity contribution < 1.29 is 4.79 Å². The van der Waals surface area contributed by atoms with Crippen LogP contribution in [0.2, 0.25) is 0 Å². The van der Waals surface area contributed by atoms with E-state index in [1.165, 1.54) is 0 Å². The number of para-hydroxylation sites is 2. The molecule has 5 nitrogen and oxygen atoms in total. The molecule has 0 aliphatic rings. The van der Waals surface area contributed by atoms with Gasteiger partial charge in [-0.05, 0) is 26.0 Å². The molecule has 1 atom stereocenters. The molecule has 0 unspecified atom stereocenters. The highest BCUT2D eigenvalue weighted by Gasteiger charge is 2.13. The van der Waals surface area contributed by atoms with E-state index < -0.39 is 0 Å². The first kappa shape index (κ1) is 16.0. The molecule has 120 valence electrons. The average molecular weight is 346 g/mol. The van der Waals surface area contributed by atoms with Crippen LogP contribution in [0.25, 0.3) is 11.0 Å². The Kier molecular flexibility index (Phi) is 4.97.